The van der Waals surface area contributed by atoms with Gasteiger partial charge in [0.1, 0.15) is 31.3 Å². The zero-order valence-electron chi connectivity index (χ0n) is 57.5. The summed E-state index contributed by atoms with van der Waals surface area (Å²) in [4.78, 5) is 34.9. The van der Waals surface area contributed by atoms with Gasteiger partial charge in [0.2, 0.25) is 0 Å². The summed E-state index contributed by atoms with van der Waals surface area (Å²) < 4.78 is 37.5. The first-order valence-electron chi connectivity index (χ1n) is 29.4. The Balaban J connectivity index is 0.000000456. The summed E-state index contributed by atoms with van der Waals surface area (Å²) in [5.74, 6) is 3.57. The number of isothiocyanates is 1. The third-order valence-electron chi connectivity index (χ3n) is 12.6. The molecule has 109 heavy (non-hydrogen) atoms. The predicted molar refractivity (Wildman–Crippen MR) is 440 cm³/mol. The molecule has 0 bridgehead atoms. The van der Waals surface area contributed by atoms with Gasteiger partial charge in [-0.2, -0.15) is 4.99 Å². The summed E-state index contributed by atoms with van der Waals surface area (Å²) in [6.45, 7) is 0.567. The first-order chi connectivity index (χ1) is 50.9. The Hall–Kier alpha value is -4.84. The van der Waals surface area contributed by atoms with E-state index in [-0.39, 0.29) is 151 Å². The van der Waals surface area contributed by atoms with Gasteiger partial charge >= 0.3 is 51.4 Å². The molecular weight excluding hydrogens is 1780 g/mol. The molecule has 0 aliphatic heterocycles. The second-order valence-electron chi connectivity index (χ2n) is 20.3. The molecule has 0 spiro atoms. The third-order valence-corrected chi connectivity index (χ3v) is 15.8. The van der Waals surface area contributed by atoms with Gasteiger partial charge in [0.25, 0.3) is 17.8 Å². The van der Waals surface area contributed by atoms with Gasteiger partial charge in [-0.05, 0) is 193 Å². The number of non-ortho nitro benzene ring substituents is 2. The summed E-state index contributed by atoms with van der Waals surface area (Å²) in [5, 5.41) is 53.8. The first kappa shape index (κ1) is 100. The van der Waals surface area contributed by atoms with Crippen LogP contribution < -0.4 is 106 Å². The van der Waals surface area contributed by atoms with Gasteiger partial charge in [-0.15, -0.1) is 11.6 Å². The van der Waals surface area contributed by atoms with Gasteiger partial charge in [0.05, 0.1) is 61.3 Å². The fourth-order valence-electron chi connectivity index (χ4n) is 8.21. The van der Waals surface area contributed by atoms with Crippen LogP contribution in [0.4, 0.5) is 34.1 Å². The number of methoxy groups -OCH3 is 4. The van der Waals surface area contributed by atoms with Gasteiger partial charge in [-0.1, -0.05) is 139 Å². The van der Waals surface area contributed by atoms with Gasteiger partial charge in [0.15, 0.2) is 39.6 Å². The fourth-order valence-corrected chi connectivity index (χ4v) is 12.0. The number of ether oxygens (including phenoxy) is 7. The number of nitrogens with zero attached hydrogens (tertiary/aromatic N) is 3. The van der Waals surface area contributed by atoms with Crippen molar-refractivity contribution in [3.63, 3.8) is 0 Å². The minimum atomic E-state index is -0.584. The topological polar surface area (TPSA) is 283 Å². The van der Waals surface area contributed by atoms with Crippen LogP contribution in [0.2, 0.25) is 60.3 Å². The Morgan fingerprint density at radius 3 is 1.26 bits per heavy atom. The van der Waals surface area contributed by atoms with Gasteiger partial charge in [0, 0.05) is 158 Å². The Bertz CT molecular complexity index is 4600. The molecule has 0 unspecified atom stereocenters. The number of phenolic OH excluding ortho intramolecular Hbond substituents is 1. The second-order valence-corrected chi connectivity index (χ2v) is 26.4. The molecular formula is C71H56Cl13K2N6O15S2. The van der Waals surface area contributed by atoms with Crippen LogP contribution in [0.1, 0.15) is 22.3 Å². The number of nitro groups is 2. The number of carbonyl (C=O) groups is 1. The Labute approximate surface area is 787 Å². The molecule has 0 aliphatic rings. The van der Waals surface area contributed by atoms with E-state index < -0.39 is 9.85 Å². The molecule has 10 aromatic carbocycles. The molecule has 5 N–H and O–H groups in total. The number of nitrogens with one attached hydrogen (secondary N) is 2. The van der Waals surface area contributed by atoms with Crippen molar-refractivity contribution in [1.82, 2.24) is 0 Å². The van der Waals surface area contributed by atoms with Gasteiger partial charge < -0.3 is 64.8 Å². The van der Waals surface area contributed by atoms with E-state index in [9.17, 15) is 20.2 Å². The quantitative estimate of drug-likeness (QED) is 0.00635. The van der Waals surface area contributed by atoms with Crippen LogP contribution >= 0.6 is 175 Å². The summed E-state index contributed by atoms with van der Waals surface area (Å²) in [5.41, 5.74) is 11.5. The van der Waals surface area contributed by atoms with E-state index in [1.807, 2.05) is 18.2 Å². The van der Waals surface area contributed by atoms with E-state index in [0.29, 0.717) is 124 Å². The maximum absolute atomic E-state index is 10.8. The Morgan fingerprint density at radius 2 is 0.853 bits per heavy atom. The van der Waals surface area contributed by atoms with E-state index in [2.05, 4.69) is 37.9 Å². The third kappa shape index (κ3) is 39.2. The number of aliphatic imine (C=N–C) groups is 1. The van der Waals surface area contributed by atoms with Crippen LogP contribution in [0.15, 0.2) is 187 Å². The monoisotopic (exact) mass is 1830 g/mol. The van der Waals surface area contributed by atoms with Crippen LogP contribution in [-0.4, -0.2) is 112 Å². The molecule has 1 radical (unpaired) electrons. The number of alkyl halides is 1. The SMILES string of the molecule is COc1ccc(N)cc1OCc1cc(Cl)cc(Cl)c1.COc1ccc(NC(=S)Nc2cc(Cl)cc(Cl)c2)cc1COc1cc(Cl)cc(Cl)c1.COc1ccc([N+](=O)[O-])cc1O.COc1ccc([N+](=O)[O-])cc1OCc1cc(Cl)cc(Cl)c1.ClCc1cc(Cl)cc(Cl)c1.O=CO[O-].S=C=Nc1cc(Cl)cc(Cl)c1.[K+].[K]. The molecule has 565 valence electrons. The van der Waals surface area contributed by atoms with E-state index in [4.69, 9.17) is 217 Å². The number of hydrogen-bond acceptors (Lipinski definition) is 19. The number of phenols is 1. The average Bonchev–Trinajstić information content (AvgIpc) is 0.872. The van der Waals surface area contributed by atoms with Crippen LogP contribution in [0, 0.1) is 20.2 Å². The summed E-state index contributed by atoms with van der Waals surface area (Å²) in [7, 11) is 6.01. The van der Waals surface area contributed by atoms with E-state index >= 15 is 0 Å². The molecule has 21 nitrogen and oxygen atoms in total. The molecule has 0 fully saturated rings. The predicted octanol–water partition coefficient (Wildman–Crippen LogP) is 20.2. The molecule has 38 heteroatoms. The summed E-state index contributed by atoms with van der Waals surface area (Å²) in [6.07, 6.45) is 0. The molecule has 0 aromatic heterocycles. The maximum Gasteiger partial charge on any atom is 1.00 e. The zero-order chi connectivity index (χ0) is 79.3. The second kappa shape index (κ2) is 54.0. The van der Waals surface area contributed by atoms with Crippen molar-refractivity contribution in [2.75, 3.05) is 44.8 Å². The smallest absolute Gasteiger partial charge is 0.662 e. The Morgan fingerprint density at radius 1 is 0.486 bits per heavy atom. The fraction of sp³-hybridized carbons (Fsp3) is 0.113. The largest absolute Gasteiger partial charge is 1.00 e. The Kier molecular flexibility index (Phi) is 49.7. The van der Waals surface area contributed by atoms with Crippen molar-refractivity contribution in [2.24, 2.45) is 4.99 Å². The minimum Gasteiger partial charge on any atom is -0.662 e. The summed E-state index contributed by atoms with van der Waals surface area (Å²) in [6, 6.07) is 49.2. The van der Waals surface area contributed by atoms with Crippen LogP contribution in [-0.2, 0) is 35.4 Å². The molecule has 10 aromatic rings. The number of nitro benzene ring substituents is 2. The van der Waals surface area contributed by atoms with Crippen molar-refractivity contribution < 1.29 is 114 Å². The van der Waals surface area contributed by atoms with Crippen molar-refractivity contribution in [2.45, 2.75) is 25.7 Å². The standard InChI is InChI=1S/C21H16Cl4N2O2S.C14H11Cl2NO4.C14H13Cl2NO2.C7H5Cl3.C7H3Cl2NS.C7H7NO4.CH2O3.2K/c1-28-20-3-2-17(26-21(30)27-18-7-13(22)5-14(23)8-18)4-12(20)11-29-19-9-15(24)6-16(25)10-19;1-20-13-3-2-12(17(18)19)7-14(13)21-8-9-4-10(15)6-11(16)5-9;1-18-13-3-2-12(17)7-14(13)19-8-9-4-10(15)6-11(16)5-9;8-4-5-1-6(9)3-7(10)2-5;8-5-1-6(9)3-7(2-5)10-4-11;1-12-7-3-2-5(8(10)11)4-6(7)9;2-1-4-3;;/h2-10H,11H2,1H3,(H2,26,27,30);2-7H,8H2,1H3;2-7H,8,17H2,1H3;1-3H,4H2;1-3H;2-4,9H,1H3;1,3H;;/q;;;;;;;;+1/p-1. The van der Waals surface area contributed by atoms with Crippen molar-refractivity contribution in [1.29, 1.82) is 0 Å². The number of anilines is 3. The number of nitrogens with two attached hydrogens (primary N) is 1. The molecule has 0 amide bonds. The maximum atomic E-state index is 10.8. The van der Waals surface area contributed by atoms with Gasteiger partial charge in [-0.3, -0.25) is 25.0 Å². The van der Waals surface area contributed by atoms with Crippen LogP contribution in [0.5, 0.6) is 46.0 Å². The number of rotatable bonds is 20. The van der Waals surface area contributed by atoms with Crippen molar-refractivity contribution in [3.8, 4) is 46.0 Å². The number of nitrogen functional groups attached to an aromatic ring is 1. The molecule has 10 rings (SSSR count). The number of hydrogen-bond donors (Lipinski definition) is 4. The van der Waals surface area contributed by atoms with E-state index in [1.165, 1.54) is 44.6 Å². The molecule has 0 aliphatic carbocycles. The van der Waals surface area contributed by atoms with E-state index in [0.717, 1.165) is 34.0 Å². The van der Waals surface area contributed by atoms with Crippen molar-refractivity contribution in [3.05, 3.63) is 285 Å². The normalized spacial score (nSPS) is 9.67. The van der Waals surface area contributed by atoms with Crippen LogP contribution in [0.25, 0.3) is 0 Å². The molecule has 0 saturated heterocycles. The molecule has 0 atom stereocenters. The minimum absolute atomic E-state index is 0. The van der Waals surface area contributed by atoms with Crippen LogP contribution in [0.3, 0.4) is 0 Å². The number of aromatic hydroxyl groups is 1. The summed E-state index contributed by atoms with van der Waals surface area (Å²) >= 11 is 85.8. The van der Waals surface area contributed by atoms with Crippen molar-refractivity contribution >= 4 is 278 Å². The van der Waals surface area contributed by atoms with Gasteiger partial charge in [-0.25, -0.2) is 0 Å². The molecule has 0 saturated carbocycles. The number of thiocarbonyl (C=S) groups is 2. The molecule has 0 heterocycles. The number of halogens is 13. The van der Waals surface area contributed by atoms with E-state index in [1.54, 1.807) is 142 Å². The first-order valence-corrected chi connectivity index (χ1v) is 35.3. The average molecular weight is 1840 g/mol. The zero-order valence-corrected chi connectivity index (χ0v) is 75.2. The number of carbonyl (C=O) groups excluding carboxylic acids is 1. The number of benzene rings is 10.